The van der Waals surface area contributed by atoms with Crippen molar-refractivity contribution < 1.29 is 0 Å². The first-order chi connectivity index (χ1) is 10.7. The number of rotatable bonds is 4. The molecule has 1 unspecified atom stereocenters. The summed E-state index contributed by atoms with van der Waals surface area (Å²) in [6.45, 7) is 4.26. The van der Waals surface area contributed by atoms with Gasteiger partial charge in [0.1, 0.15) is 0 Å². The molecule has 0 spiro atoms. The van der Waals surface area contributed by atoms with Gasteiger partial charge in [-0.3, -0.25) is 4.98 Å². The summed E-state index contributed by atoms with van der Waals surface area (Å²) in [5.74, 6) is 0. The van der Waals surface area contributed by atoms with E-state index >= 15 is 0 Å². The van der Waals surface area contributed by atoms with E-state index in [-0.39, 0.29) is 6.04 Å². The van der Waals surface area contributed by atoms with Crippen LogP contribution in [0.5, 0.6) is 0 Å². The normalized spacial score (nSPS) is 11.9. The van der Waals surface area contributed by atoms with Gasteiger partial charge in [0.15, 0.2) is 0 Å². The maximum atomic E-state index is 4.81. The lowest BCUT2D eigenvalue weighted by Gasteiger charge is -2.17. The van der Waals surface area contributed by atoms with Crippen LogP contribution >= 0.6 is 0 Å². The van der Waals surface area contributed by atoms with Crippen molar-refractivity contribution in [3.63, 3.8) is 0 Å². The number of para-hydroxylation sites is 1. The SMILES string of the molecule is Cc1ccccc1NC(C)c1cccc(-c2ccccc2)n1. The molecule has 0 radical (unpaired) electrons. The van der Waals surface area contributed by atoms with Crippen molar-refractivity contribution >= 4 is 5.69 Å². The minimum absolute atomic E-state index is 0.157. The Kier molecular flexibility index (Phi) is 4.19. The molecule has 1 heterocycles. The lowest BCUT2D eigenvalue weighted by Crippen LogP contribution is -2.09. The van der Waals surface area contributed by atoms with Gasteiger partial charge in [-0.05, 0) is 37.6 Å². The van der Waals surface area contributed by atoms with Crippen molar-refractivity contribution in [2.24, 2.45) is 0 Å². The number of hydrogen-bond acceptors (Lipinski definition) is 2. The van der Waals surface area contributed by atoms with Crippen LogP contribution in [-0.2, 0) is 0 Å². The van der Waals surface area contributed by atoms with Gasteiger partial charge >= 0.3 is 0 Å². The van der Waals surface area contributed by atoms with E-state index in [2.05, 4.69) is 73.8 Å². The molecular formula is C20H20N2. The summed E-state index contributed by atoms with van der Waals surface area (Å²) < 4.78 is 0. The summed E-state index contributed by atoms with van der Waals surface area (Å²) in [7, 11) is 0. The van der Waals surface area contributed by atoms with Gasteiger partial charge < -0.3 is 5.32 Å². The van der Waals surface area contributed by atoms with Crippen molar-refractivity contribution in [3.8, 4) is 11.3 Å². The Labute approximate surface area is 131 Å². The Bertz CT molecular complexity index is 750. The van der Waals surface area contributed by atoms with Crippen molar-refractivity contribution in [1.29, 1.82) is 0 Å². The van der Waals surface area contributed by atoms with E-state index in [9.17, 15) is 0 Å². The smallest absolute Gasteiger partial charge is 0.0706 e. The standard InChI is InChI=1S/C20H20N2/c1-15-9-6-7-12-18(15)21-16(2)19-13-8-14-20(22-19)17-10-4-3-5-11-17/h3-14,16,21H,1-2H3. The van der Waals surface area contributed by atoms with Crippen LogP contribution < -0.4 is 5.32 Å². The van der Waals surface area contributed by atoms with E-state index in [0.717, 1.165) is 22.6 Å². The lowest BCUT2D eigenvalue weighted by molar-refractivity contribution is 0.839. The third kappa shape index (κ3) is 3.17. The van der Waals surface area contributed by atoms with Gasteiger partial charge in [0.2, 0.25) is 0 Å². The number of aromatic nitrogens is 1. The molecule has 110 valence electrons. The molecular weight excluding hydrogens is 268 g/mol. The molecule has 0 aliphatic heterocycles. The zero-order valence-electron chi connectivity index (χ0n) is 13.0. The van der Waals surface area contributed by atoms with E-state index in [1.54, 1.807) is 0 Å². The highest BCUT2D eigenvalue weighted by molar-refractivity contribution is 5.59. The average molecular weight is 288 g/mol. The van der Waals surface area contributed by atoms with Crippen LogP contribution in [-0.4, -0.2) is 4.98 Å². The van der Waals surface area contributed by atoms with Crippen LogP contribution in [0.3, 0.4) is 0 Å². The second-order valence-corrected chi connectivity index (χ2v) is 5.49. The highest BCUT2D eigenvalue weighted by Gasteiger charge is 2.09. The molecule has 3 aromatic rings. The maximum absolute atomic E-state index is 4.81. The highest BCUT2D eigenvalue weighted by Crippen LogP contribution is 2.23. The molecule has 2 nitrogen and oxygen atoms in total. The molecule has 0 amide bonds. The average Bonchev–Trinajstić information content (AvgIpc) is 2.58. The first kappa shape index (κ1) is 14.3. The van der Waals surface area contributed by atoms with Gasteiger partial charge in [-0.15, -0.1) is 0 Å². The van der Waals surface area contributed by atoms with Crippen molar-refractivity contribution in [2.75, 3.05) is 5.32 Å². The van der Waals surface area contributed by atoms with Crippen molar-refractivity contribution in [3.05, 3.63) is 84.1 Å². The Morgan fingerprint density at radius 1 is 0.818 bits per heavy atom. The Hall–Kier alpha value is -2.61. The molecule has 1 N–H and O–H groups in total. The predicted octanol–water partition coefficient (Wildman–Crippen LogP) is 5.23. The molecule has 2 aromatic carbocycles. The lowest BCUT2D eigenvalue weighted by atomic mass is 10.1. The third-order valence-corrected chi connectivity index (χ3v) is 3.80. The fourth-order valence-corrected chi connectivity index (χ4v) is 2.50. The van der Waals surface area contributed by atoms with Crippen LogP contribution in [0.25, 0.3) is 11.3 Å². The number of nitrogens with zero attached hydrogens (tertiary/aromatic N) is 1. The molecule has 0 bridgehead atoms. The first-order valence-corrected chi connectivity index (χ1v) is 7.58. The number of nitrogens with one attached hydrogen (secondary N) is 1. The van der Waals surface area contributed by atoms with E-state index in [0.29, 0.717) is 0 Å². The topological polar surface area (TPSA) is 24.9 Å². The summed E-state index contributed by atoms with van der Waals surface area (Å²) in [4.78, 5) is 4.81. The molecule has 0 aliphatic rings. The molecule has 22 heavy (non-hydrogen) atoms. The minimum atomic E-state index is 0.157. The summed E-state index contributed by atoms with van der Waals surface area (Å²) in [6, 6.07) is 25.0. The molecule has 1 aromatic heterocycles. The van der Waals surface area contributed by atoms with Gasteiger partial charge in [0, 0.05) is 11.3 Å². The van der Waals surface area contributed by atoms with Gasteiger partial charge in [0.05, 0.1) is 17.4 Å². The second kappa shape index (κ2) is 6.44. The van der Waals surface area contributed by atoms with Crippen molar-refractivity contribution in [1.82, 2.24) is 4.98 Å². The minimum Gasteiger partial charge on any atom is -0.377 e. The van der Waals surface area contributed by atoms with Crippen molar-refractivity contribution in [2.45, 2.75) is 19.9 Å². The molecule has 0 fully saturated rings. The molecule has 0 saturated carbocycles. The van der Waals surface area contributed by atoms with Crippen LogP contribution in [0.4, 0.5) is 5.69 Å². The number of hydrogen-bond donors (Lipinski definition) is 1. The monoisotopic (exact) mass is 288 g/mol. The van der Waals surface area contributed by atoms with Crippen LogP contribution in [0, 0.1) is 6.92 Å². The predicted molar refractivity (Wildman–Crippen MR) is 92.9 cm³/mol. The van der Waals surface area contributed by atoms with E-state index in [4.69, 9.17) is 4.98 Å². The maximum Gasteiger partial charge on any atom is 0.0706 e. The third-order valence-electron chi connectivity index (χ3n) is 3.80. The quantitative estimate of drug-likeness (QED) is 0.711. The van der Waals surface area contributed by atoms with Gasteiger partial charge in [-0.1, -0.05) is 54.6 Å². The van der Waals surface area contributed by atoms with E-state index in [1.807, 2.05) is 18.2 Å². The summed E-state index contributed by atoms with van der Waals surface area (Å²) in [5.41, 5.74) is 5.60. The Morgan fingerprint density at radius 2 is 1.55 bits per heavy atom. The van der Waals surface area contributed by atoms with Gasteiger partial charge in [-0.2, -0.15) is 0 Å². The number of pyridine rings is 1. The first-order valence-electron chi connectivity index (χ1n) is 7.58. The van der Waals surface area contributed by atoms with Crippen LogP contribution in [0.1, 0.15) is 24.2 Å². The molecule has 0 aliphatic carbocycles. The van der Waals surface area contributed by atoms with Gasteiger partial charge in [0.25, 0.3) is 0 Å². The summed E-state index contributed by atoms with van der Waals surface area (Å²) in [6.07, 6.45) is 0. The molecule has 2 heteroatoms. The number of aryl methyl sites for hydroxylation is 1. The largest absolute Gasteiger partial charge is 0.377 e. The zero-order valence-corrected chi connectivity index (χ0v) is 13.0. The molecule has 0 saturated heterocycles. The van der Waals surface area contributed by atoms with Gasteiger partial charge in [-0.25, -0.2) is 0 Å². The van der Waals surface area contributed by atoms with E-state index < -0.39 is 0 Å². The van der Waals surface area contributed by atoms with Crippen LogP contribution in [0.15, 0.2) is 72.8 Å². The fraction of sp³-hybridized carbons (Fsp3) is 0.150. The number of anilines is 1. The summed E-state index contributed by atoms with van der Waals surface area (Å²) >= 11 is 0. The van der Waals surface area contributed by atoms with Crippen LogP contribution in [0.2, 0.25) is 0 Å². The second-order valence-electron chi connectivity index (χ2n) is 5.49. The Morgan fingerprint density at radius 3 is 2.32 bits per heavy atom. The van der Waals surface area contributed by atoms with E-state index in [1.165, 1.54) is 5.56 Å². The summed E-state index contributed by atoms with van der Waals surface area (Å²) in [5, 5.41) is 3.54. The molecule has 1 atom stereocenters. The zero-order chi connectivity index (χ0) is 15.4. The Balaban J connectivity index is 1.84. The highest BCUT2D eigenvalue weighted by atomic mass is 14.9. The number of benzene rings is 2. The fourth-order valence-electron chi connectivity index (χ4n) is 2.50. The molecule has 3 rings (SSSR count).